The lowest BCUT2D eigenvalue weighted by Gasteiger charge is -2.35. The van der Waals surface area contributed by atoms with Crippen LogP contribution in [-0.4, -0.2) is 57.5 Å². The van der Waals surface area contributed by atoms with Crippen LogP contribution in [0.25, 0.3) is 11.1 Å². The van der Waals surface area contributed by atoms with Gasteiger partial charge in [0.1, 0.15) is 5.60 Å². The smallest absolute Gasteiger partial charge is 0.410 e. The highest BCUT2D eigenvalue weighted by molar-refractivity contribution is 5.68. The number of carbonyl (C=O) groups is 1. The van der Waals surface area contributed by atoms with Crippen molar-refractivity contribution in [1.82, 2.24) is 19.6 Å². The summed E-state index contributed by atoms with van der Waals surface area (Å²) >= 11 is 0. The summed E-state index contributed by atoms with van der Waals surface area (Å²) in [6, 6.07) is 10.2. The van der Waals surface area contributed by atoms with Gasteiger partial charge in [-0.2, -0.15) is 5.10 Å². The molecule has 0 radical (unpaired) electrons. The molecule has 1 aliphatic rings. The summed E-state index contributed by atoms with van der Waals surface area (Å²) in [5.74, 6) is 0. The second-order valence-corrected chi connectivity index (χ2v) is 7.36. The molecule has 2 heterocycles. The van der Waals surface area contributed by atoms with E-state index in [9.17, 15) is 4.79 Å². The summed E-state index contributed by atoms with van der Waals surface area (Å²) in [5, 5.41) is 4.46. The molecule has 25 heavy (non-hydrogen) atoms. The zero-order valence-electron chi connectivity index (χ0n) is 15.2. The molecule has 134 valence electrons. The molecule has 0 atom stereocenters. The van der Waals surface area contributed by atoms with E-state index in [1.807, 2.05) is 49.8 Å². The molecule has 6 heteroatoms. The zero-order valence-corrected chi connectivity index (χ0v) is 15.2. The number of aromatic nitrogens is 2. The van der Waals surface area contributed by atoms with E-state index in [0.717, 1.165) is 25.3 Å². The first-order valence-electron chi connectivity index (χ1n) is 8.69. The first kappa shape index (κ1) is 17.5. The van der Waals surface area contributed by atoms with Gasteiger partial charge in [-0.15, -0.1) is 0 Å². The molecule has 6 nitrogen and oxygen atoms in total. The lowest BCUT2D eigenvalue weighted by Crippen LogP contribution is -2.50. The molecule has 0 saturated carbocycles. The standard InChI is InChI=1S/C19H26N4O2/c1-19(2,3)25-18(24)22-11-9-21(10-12-22)15-23-14-17(13-20-23)16-7-5-4-6-8-16/h4-8,13-14H,9-12,15H2,1-3H3. The Bertz CT molecular complexity index is 698. The number of amides is 1. The number of piperazine rings is 1. The second kappa shape index (κ2) is 7.27. The highest BCUT2D eigenvalue weighted by atomic mass is 16.6. The number of rotatable bonds is 3. The molecule has 3 rings (SSSR count). The summed E-state index contributed by atoms with van der Waals surface area (Å²) < 4.78 is 7.38. The Kier molecular flexibility index (Phi) is 5.08. The van der Waals surface area contributed by atoms with Crippen LogP contribution >= 0.6 is 0 Å². The van der Waals surface area contributed by atoms with E-state index in [2.05, 4.69) is 28.3 Å². The molecule has 0 aliphatic carbocycles. The van der Waals surface area contributed by atoms with Crippen LogP contribution < -0.4 is 0 Å². The van der Waals surface area contributed by atoms with Crippen molar-refractivity contribution in [2.45, 2.75) is 33.0 Å². The molecule has 0 N–H and O–H groups in total. The average Bonchev–Trinajstić information content (AvgIpc) is 3.03. The third kappa shape index (κ3) is 4.82. The third-order valence-electron chi connectivity index (χ3n) is 4.11. The summed E-state index contributed by atoms with van der Waals surface area (Å²) in [6.07, 6.45) is 3.74. The van der Waals surface area contributed by atoms with E-state index >= 15 is 0 Å². The molecule has 0 unspecified atom stereocenters. The fraction of sp³-hybridized carbons (Fsp3) is 0.474. The summed E-state index contributed by atoms with van der Waals surface area (Å²) in [4.78, 5) is 16.2. The minimum Gasteiger partial charge on any atom is -0.444 e. The highest BCUT2D eigenvalue weighted by Gasteiger charge is 2.25. The van der Waals surface area contributed by atoms with Gasteiger partial charge in [0.05, 0.1) is 12.9 Å². The van der Waals surface area contributed by atoms with Gasteiger partial charge in [0.25, 0.3) is 0 Å². The summed E-state index contributed by atoms with van der Waals surface area (Å²) in [7, 11) is 0. The van der Waals surface area contributed by atoms with E-state index in [0.29, 0.717) is 13.1 Å². The molecular weight excluding hydrogens is 316 g/mol. The molecule has 1 amide bonds. The maximum atomic E-state index is 12.1. The van der Waals surface area contributed by atoms with Gasteiger partial charge in [-0.3, -0.25) is 9.58 Å². The maximum absolute atomic E-state index is 12.1. The van der Waals surface area contributed by atoms with Crippen LogP contribution in [0.2, 0.25) is 0 Å². The first-order valence-corrected chi connectivity index (χ1v) is 8.69. The molecule has 1 fully saturated rings. The third-order valence-corrected chi connectivity index (χ3v) is 4.11. The fourth-order valence-electron chi connectivity index (χ4n) is 2.82. The van der Waals surface area contributed by atoms with Gasteiger partial charge >= 0.3 is 6.09 Å². The van der Waals surface area contributed by atoms with Crippen LogP contribution in [0.3, 0.4) is 0 Å². The van der Waals surface area contributed by atoms with Crippen LogP contribution in [0.4, 0.5) is 4.79 Å². The highest BCUT2D eigenvalue weighted by Crippen LogP contribution is 2.18. The van der Waals surface area contributed by atoms with Gasteiger partial charge in [-0.05, 0) is 26.3 Å². The molecule has 1 aromatic carbocycles. The molecule has 1 aromatic heterocycles. The van der Waals surface area contributed by atoms with Crippen molar-refractivity contribution in [2.24, 2.45) is 0 Å². The van der Waals surface area contributed by atoms with Crippen molar-refractivity contribution < 1.29 is 9.53 Å². The predicted molar refractivity (Wildman–Crippen MR) is 97.0 cm³/mol. The number of benzene rings is 1. The molecule has 0 bridgehead atoms. The van der Waals surface area contributed by atoms with Crippen molar-refractivity contribution in [1.29, 1.82) is 0 Å². The number of hydrogen-bond acceptors (Lipinski definition) is 4. The maximum Gasteiger partial charge on any atom is 0.410 e. The Balaban J connectivity index is 1.51. The van der Waals surface area contributed by atoms with Gasteiger partial charge in [0.15, 0.2) is 0 Å². The normalized spacial score (nSPS) is 16.0. The summed E-state index contributed by atoms with van der Waals surface area (Å²) in [5.41, 5.74) is 1.84. The number of carbonyl (C=O) groups excluding carboxylic acids is 1. The second-order valence-electron chi connectivity index (χ2n) is 7.36. The monoisotopic (exact) mass is 342 g/mol. The fourth-order valence-corrected chi connectivity index (χ4v) is 2.82. The van der Waals surface area contributed by atoms with Gasteiger partial charge in [0.2, 0.25) is 0 Å². The van der Waals surface area contributed by atoms with Crippen LogP contribution in [0.15, 0.2) is 42.7 Å². The topological polar surface area (TPSA) is 50.6 Å². The number of ether oxygens (including phenoxy) is 1. The average molecular weight is 342 g/mol. The van der Waals surface area contributed by atoms with Gasteiger partial charge in [-0.1, -0.05) is 30.3 Å². The minimum atomic E-state index is -0.447. The van der Waals surface area contributed by atoms with E-state index < -0.39 is 5.60 Å². The molecule has 0 spiro atoms. The largest absolute Gasteiger partial charge is 0.444 e. The van der Waals surface area contributed by atoms with Crippen LogP contribution in [0.1, 0.15) is 20.8 Å². The van der Waals surface area contributed by atoms with Crippen molar-refractivity contribution in [2.75, 3.05) is 26.2 Å². The SMILES string of the molecule is CC(C)(C)OC(=O)N1CCN(Cn2cc(-c3ccccc3)cn2)CC1. The lowest BCUT2D eigenvalue weighted by molar-refractivity contribution is 0.0114. The quantitative estimate of drug-likeness (QED) is 0.860. The Morgan fingerprint density at radius 1 is 1.08 bits per heavy atom. The Morgan fingerprint density at radius 2 is 1.76 bits per heavy atom. The van der Waals surface area contributed by atoms with Crippen molar-refractivity contribution in [3.8, 4) is 11.1 Å². The predicted octanol–water partition coefficient (Wildman–Crippen LogP) is 3.06. The van der Waals surface area contributed by atoms with Crippen molar-refractivity contribution in [3.63, 3.8) is 0 Å². The Morgan fingerprint density at radius 3 is 2.40 bits per heavy atom. The van der Waals surface area contributed by atoms with Gasteiger partial charge < -0.3 is 9.64 Å². The van der Waals surface area contributed by atoms with Crippen LogP contribution in [-0.2, 0) is 11.4 Å². The van der Waals surface area contributed by atoms with E-state index in [-0.39, 0.29) is 6.09 Å². The number of nitrogens with zero attached hydrogens (tertiary/aromatic N) is 4. The molecule has 1 aliphatic heterocycles. The zero-order chi connectivity index (χ0) is 17.9. The van der Waals surface area contributed by atoms with Crippen LogP contribution in [0.5, 0.6) is 0 Å². The van der Waals surface area contributed by atoms with Crippen molar-refractivity contribution in [3.05, 3.63) is 42.7 Å². The molecule has 2 aromatic rings. The van der Waals surface area contributed by atoms with Crippen LogP contribution in [0, 0.1) is 0 Å². The summed E-state index contributed by atoms with van der Waals surface area (Å²) in [6.45, 7) is 9.41. The molecule has 1 saturated heterocycles. The minimum absolute atomic E-state index is 0.224. The van der Waals surface area contributed by atoms with E-state index in [1.54, 1.807) is 4.90 Å². The van der Waals surface area contributed by atoms with Crippen molar-refractivity contribution >= 4 is 6.09 Å². The van der Waals surface area contributed by atoms with E-state index in [1.165, 1.54) is 5.56 Å². The number of hydrogen-bond donors (Lipinski definition) is 0. The Labute approximate surface area is 149 Å². The Hall–Kier alpha value is -2.34. The lowest BCUT2D eigenvalue weighted by atomic mass is 10.1. The first-order chi connectivity index (χ1) is 11.9. The van der Waals surface area contributed by atoms with Gasteiger partial charge in [0, 0.05) is 37.9 Å². The van der Waals surface area contributed by atoms with E-state index in [4.69, 9.17) is 4.74 Å². The molecular formula is C19H26N4O2. The van der Waals surface area contributed by atoms with Gasteiger partial charge in [-0.25, -0.2) is 4.79 Å².